The molecule has 0 saturated heterocycles. The van der Waals surface area contributed by atoms with E-state index >= 15 is 0 Å². The van der Waals surface area contributed by atoms with E-state index in [1.807, 2.05) is 0 Å². The van der Waals surface area contributed by atoms with Crippen molar-refractivity contribution in [1.29, 1.82) is 0 Å². The Labute approximate surface area is 121 Å². The van der Waals surface area contributed by atoms with E-state index in [1.54, 1.807) is 0 Å². The Morgan fingerprint density at radius 2 is 1.95 bits per heavy atom. The summed E-state index contributed by atoms with van der Waals surface area (Å²) in [5, 5.41) is 12.7. The third kappa shape index (κ3) is 3.04. The van der Waals surface area contributed by atoms with Gasteiger partial charge in [0.25, 0.3) is 0 Å². The van der Waals surface area contributed by atoms with Gasteiger partial charge < -0.3 is 10.4 Å². The van der Waals surface area contributed by atoms with Crippen LogP contribution < -0.4 is 5.32 Å². The highest BCUT2D eigenvalue weighted by molar-refractivity contribution is 5.50. The predicted molar refractivity (Wildman–Crippen MR) is 80.5 cm³/mol. The summed E-state index contributed by atoms with van der Waals surface area (Å²) in [5.74, 6) is 0. The van der Waals surface area contributed by atoms with Crippen LogP contribution in [0.15, 0.2) is 24.3 Å². The highest BCUT2D eigenvalue weighted by Crippen LogP contribution is 2.38. The third-order valence-corrected chi connectivity index (χ3v) is 4.43. The minimum atomic E-state index is -0.317. The van der Waals surface area contributed by atoms with Gasteiger partial charge >= 0.3 is 0 Å². The maximum atomic E-state index is 11.0. The Hall–Kier alpha value is -1.35. The fourth-order valence-corrected chi connectivity index (χ4v) is 3.01. The standard InChI is InChI=1S/C17H25NO2/c1-16(2,3)13-5-4-6-14(11-13)17(18-12-19)9-7-15(20)8-10-17/h4-6,11-12,15,20H,7-10H2,1-3H3,(H,18,19). The number of carbonyl (C=O) groups excluding carboxylic acids is 1. The van der Waals surface area contributed by atoms with Gasteiger partial charge in [0.1, 0.15) is 0 Å². The number of nitrogens with one attached hydrogen (secondary N) is 1. The molecule has 0 aliphatic heterocycles. The number of aliphatic hydroxyl groups is 1. The van der Waals surface area contributed by atoms with Crippen molar-refractivity contribution in [2.24, 2.45) is 0 Å². The summed E-state index contributed by atoms with van der Waals surface area (Å²) in [5.41, 5.74) is 2.20. The zero-order valence-electron chi connectivity index (χ0n) is 12.6. The van der Waals surface area contributed by atoms with Crippen molar-refractivity contribution in [2.75, 3.05) is 0 Å². The summed E-state index contributed by atoms with van der Waals surface area (Å²) in [6.07, 6.45) is 3.62. The summed E-state index contributed by atoms with van der Waals surface area (Å²) >= 11 is 0. The monoisotopic (exact) mass is 275 g/mol. The average molecular weight is 275 g/mol. The van der Waals surface area contributed by atoms with Crippen molar-refractivity contribution in [3.05, 3.63) is 35.4 Å². The van der Waals surface area contributed by atoms with Gasteiger partial charge in [-0.2, -0.15) is 0 Å². The van der Waals surface area contributed by atoms with Crippen molar-refractivity contribution in [1.82, 2.24) is 5.32 Å². The average Bonchev–Trinajstić information content (AvgIpc) is 2.41. The van der Waals surface area contributed by atoms with Crippen molar-refractivity contribution >= 4 is 6.41 Å². The molecule has 1 aromatic rings. The molecule has 1 aromatic carbocycles. The maximum absolute atomic E-state index is 11.0. The molecule has 1 aliphatic carbocycles. The molecule has 1 amide bonds. The van der Waals surface area contributed by atoms with Gasteiger partial charge in [-0.25, -0.2) is 0 Å². The zero-order chi connectivity index (χ0) is 14.8. The van der Waals surface area contributed by atoms with Gasteiger partial charge in [-0.1, -0.05) is 45.0 Å². The quantitative estimate of drug-likeness (QED) is 0.833. The molecule has 2 rings (SSSR count). The molecule has 1 aliphatic rings. The molecule has 0 atom stereocenters. The first-order valence-corrected chi connectivity index (χ1v) is 7.38. The Balaban J connectivity index is 2.37. The lowest BCUT2D eigenvalue weighted by molar-refractivity contribution is -0.112. The van der Waals surface area contributed by atoms with E-state index in [0.29, 0.717) is 0 Å². The van der Waals surface area contributed by atoms with Gasteiger partial charge in [-0.3, -0.25) is 4.79 Å². The first-order chi connectivity index (χ1) is 9.37. The van der Waals surface area contributed by atoms with Crippen molar-refractivity contribution in [3.63, 3.8) is 0 Å². The van der Waals surface area contributed by atoms with E-state index < -0.39 is 0 Å². The van der Waals surface area contributed by atoms with Crippen LogP contribution in [0.3, 0.4) is 0 Å². The molecule has 20 heavy (non-hydrogen) atoms. The topological polar surface area (TPSA) is 49.3 Å². The first-order valence-electron chi connectivity index (χ1n) is 7.38. The Kier molecular flexibility index (Phi) is 4.19. The Morgan fingerprint density at radius 1 is 1.30 bits per heavy atom. The van der Waals surface area contributed by atoms with E-state index in [4.69, 9.17) is 0 Å². The van der Waals surface area contributed by atoms with Crippen molar-refractivity contribution in [2.45, 2.75) is 63.5 Å². The van der Waals surface area contributed by atoms with Gasteiger partial charge in [0, 0.05) is 0 Å². The minimum absolute atomic E-state index is 0.0898. The van der Waals surface area contributed by atoms with Crippen LogP contribution in [0.4, 0.5) is 0 Å². The van der Waals surface area contributed by atoms with E-state index in [-0.39, 0.29) is 17.1 Å². The van der Waals surface area contributed by atoms with Crippen LogP contribution in [-0.2, 0) is 15.7 Å². The third-order valence-electron chi connectivity index (χ3n) is 4.43. The molecule has 0 unspecified atom stereocenters. The summed E-state index contributed by atoms with van der Waals surface area (Å²) in [6, 6.07) is 8.49. The van der Waals surface area contributed by atoms with Crippen molar-refractivity contribution < 1.29 is 9.90 Å². The fourth-order valence-electron chi connectivity index (χ4n) is 3.01. The summed E-state index contributed by atoms with van der Waals surface area (Å²) < 4.78 is 0. The van der Waals surface area contributed by atoms with Crippen LogP contribution in [0, 0.1) is 0 Å². The van der Waals surface area contributed by atoms with Crippen LogP contribution in [0.5, 0.6) is 0 Å². The number of hydrogen-bond acceptors (Lipinski definition) is 2. The Bertz CT molecular complexity index is 468. The first kappa shape index (κ1) is 15.0. The molecule has 110 valence electrons. The number of benzene rings is 1. The van der Waals surface area contributed by atoms with Gasteiger partial charge in [0.05, 0.1) is 11.6 Å². The number of amides is 1. The van der Waals surface area contributed by atoms with Crippen LogP contribution >= 0.6 is 0 Å². The van der Waals surface area contributed by atoms with E-state index in [0.717, 1.165) is 37.7 Å². The zero-order valence-corrected chi connectivity index (χ0v) is 12.6. The number of carbonyl (C=O) groups is 1. The molecule has 0 bridgehead atoms. The second-order valence-corrected chi connectivity index (χ2v) is 6.91. The largest absolute Gasteiger partial charge is 0.393 e. The molecular formula is C17H25NO2. The molecule has 2 N–H and O–H groups in total. The molecule has 3 heteroatoms. The number of aliphatic hydroxyl groups excluding tert-OH is 1. The molecule has 1 saturated carbocycles. The van der Waals surface area contributed by atoms with Gasteiger partial charge in [0.15, 0.2) is 0 Å². The second kappa shape index (κ2) is 5.57. The van der Waals surface area contributed by atoms with Gasteiger partial charge in [0.2, 0.25) is 6.41 Å². The normalized spacial score (nSPS) is 27.1. The van der Waals surface area contributed by atoms with Crippen LogP contribution in [-0.4, -0.2) is 17.6 Å². The lowest BCUT2D eigenvalue weighted by Gasteiger charge is -2.39. The summed E-state index contributed by atoms with van der Waals surface area (Å²) in [6.45, 7) is 6.57. The molecular weight excluding hydrogens is 250 g/mol. The SMILES string of the molecule is CC(C)(C)c1cccc(C2(NC=O)CCC(O)CC2)c1. The smallest absolute Gasteiger partial charge is 0.207 e. The summed E-state index contributed by atoms with van der Waals surface area (Å²) in [7, 11) is 0. The second-order valence-electron chi connectivity index (χ2n) is 6.91. The van der Waals surface area contributed by atoms with Crippen LogP contribution in [0.25, 0.3) is 0 Å². The number of rotatable bonds is 3. The van der Waals surface area contributed by atoms with Crippen molar-refractivity contribution in [3.8, 4) is 0 Å². The molecule has 0 aromatic heterocycles. The van der Waals surface area contributed by atoms with Crippen LogP contribution in [0.2, 0.25) is 0 Å². The molecule has 0 radical (unpaired) electrons. The van der Waals surface area contributed by atoms with E-state index in [9.17, 15) is 9.90 Å². The molecule has 1 fully saturated rings. The molecule has 3 nitrogen and oxygen atoms in total. The van der Waals surface area contributed by atoms with Crippen LogP contribution in [0.1, 0.15) is 57.6 Å². The molecule has 0 spiro atoms. The van der Waals surface area contributed by atoms with E-state index in [1.165, 1.54) is 5.56 Å². The highest BCUT2D eigenvalue weighted by Gasteiger charge is 2.36. The minimum Gasteiger partial charge on any atom is -0.393 e. The summed E-state index contributed by atoms with van der Waals surface area (Å²) in [4.78, 5) is 11.0. The fraction of sp³-hybridized carbons (Fsp3) is 0.588. The van der Waals surface area contributed by atoms with Gasteiger partial charge in [-0.05, 0) is 42.2 Å². The number of hydrogen-bond donors (Lipinski definition) is 2. The Morgan fingerprint density at radius 3 is 2.50 bits per heavy atom. The van der Waals surface area contributed by atoms with E-state index in [2.05, 4.69) is 50.4 Å². The lowest BCUT2D eigenvalue weighted by Crippen LogP contribution is -2.45. The maximum Gasteiger partial charge on any atom is 0.207 e. The van der Waals surface area contributed by atoms with Gasteiger partial charge in [-0.15, -0.1) is 0 Å². The highest BCUT2D eigenvalue weighted by atomic mass is 16.3. The lowest BCUT2D eigenvalue weighted by atomic mass is 9.74. The predicted octanol–water partition coefficient (Wildman–Crippen LogP) is 2.86. The molecule has 0 heterocycles.